The van der Waals surface area contributed by atoms with E-state index in [1.165, 1.54) is 23.5 Å². The van der Waals surface area contributed by atoms with Crippen LogP contribution in [0.15, 0.2) is 63.1 Å². The number of sulfonamides is 1. The van der Waals surface area contributed by atoms with E-state index in [-0.39, 0.29) is 17.2 Å². The van der Waals surface area contributed by atoms with Crippen molar-refractivity contribution in [2.75, 3.05) is 0 Å². The van der Waals surface area contributed by atoms with Gasteiger partial charge < -0.3 is 5.32 Å². The van der Waals surface area contributed by atoms with E-state index in [0.717, 1.165) is 21.2 Å². The van der Waals surface area contributed by atoms with Crippen molar-refractivity contribution in [1.29, 1.82) is 0 Å². The third-order valence-corrected chi connectivity index (χ3v) is 7.17. The fourth-order valence-corrected chi connectivity index (χ4v) is 4.95. The van der Waals surface area contributed by atoms with Crippen molar-refractivity contribution in [1.82, 2.24) is 10.3 Å². The van der Waals surface area contributed by atoms with Crippen LogP contribution < -0.4 is 10.5 Å². The number of rotatable bonds is 8. The zero-order valence-electron chi connectivity index (χ0n) is 15.2. The molecule has 0 fully saturated rings. The largest absolute Gasteiger partial charge is 0.352 e. The Labute approximate surface area is 182 Å². The molecule has 0 saturated carbocycles. The first-order chi connectivity index (χ1) is 13.8. The number of nitrogens with zero attached hydrogens (tertiary/aromatic N) is 1. The molecule has 0 aliphatic heterocycles. The molecular formula is C19H18ClN3O3S3. The van der Waals surface area contributed by atoms with E-state index < -0.39 is 10.0 Å². The summed E-state index contributed by atoms with van der Waals surface area (Å²) in [5, 5.41) is 10.5. The average molecular weight is 468 g/mol. The Balaban J connectivity index is 1.47. The highest BCUT2D eigenvalue weighted by Crippen LogP contribution is 2.27. The van der Waals surface area contributed by atoms with E-state index in [1.54, 1.807) is 23.9 Å². The van der Waals surface area contributed by atoms with Gasteiger partial charge in [0.05, 0.1) is 17.0 Å². The van der Waals surface area contributed by atoms with Crippen LogP contribution in [-0.4, -0.2) is 19.3 Å². The Morgan fingerprint density at radius 2 is 1.93 bits per heavy atom. The molecule has 10 heteroatoms. The molecule has 29 heavy (non-hydrogen) atoms. The normalized spacial score (nSPS) is 11.4. The summed E-state index contributed by atoms with van der Waals surface area (Å²) in [5.74, 6) is 0.603. The van der Waals surface area contributed by atoms with Gasteiger partial charge in [0.1, 0.15) is 4.34 Å². The fourth-order valence-electron chi connectivity index (χ4n) is 2.43. The maximum absolute atomic E-state index is 12.2. The van der Waals surface area contributed by atoms with Crippen LogP contribution in [0.4, 0.5) is 0 Å². The van der Waals surface area contributed by atoms with E-state index in [1.807, 2.05) is 29.6 Å². The van der Waals surface area contributed by atoms with E-state index in [0.29, 0.717) is 17.3 Å². The molecule has 152 valence electrons. The molecule has 6 nitrogen and oxygen atoms in total. The molecule has 0 unspecified atom stereocenters. The van der Waals surface area contributed by atoms with Crippen LogP contribution >= 0.6 is 34.7 Å². The van der Waals surface area contributed by atoms with Gasteiger partial charge in [0.25, 0.3) is 0 Å². The van der Waals surface area contributed by atoms with Crippen molar-refractivity contribution >= 4 is 50.6 Å². The van der Waals surface area contributed by atoms with Gasteiger partial charge in [0.2, 0.25) is 15.9 Å². The number of thiazole rings is 1. The third kappa shape index (κ3) is 6.83. The lowest BCUT2D eigenvalue weighted by Crippen LogP contribution is -2.24. The van der Waals surface area contributed by atoms with E-state index in [4.69, 9.17) is 16.7 Å². The number of benzene rings is 2. The molecule has 1 heterocycles. The molecule has 3 N–H and O–H groups in total. The van der Waals surface area contributed by atoms with Gasteiger partial charge in [-0.15, -0.1) is 11.3 Å². The number of thioether (sulfide) groups is 1. The maximum atomic E-state index is 12.2. The molecule has 2 aromatic carbocycles. The minimum absolute atomic E-state index is 0.0397. The summed E-state index contributed by atoms with van der Waals surface area (Å²) in [6.07, 6.45) is 0.184. The monoisotopic (exact) mass is 467 g/mol. The average Bonchev–Trinajstić information content (AvgIpc) is 3.12. The van der Waals surface area contributed by atoms with E-state index >= 15 is 0 Å². The summed E-state index contributed by atoms with van der Waals surface area (Å²) >= 11 is 9.10. The van der Waals surface area contributed by atoms with Crippen molar-refractivity contribution in [3.63, 3.8) is 0 Å². The Bertz CT molecular complexity index is 1100. The van der Waals surface area contributed by atoms with Crippen molar-refractivity contribution < 1.29 is 13.2 Å². The SMILES string of the molecule is NS(=O)(=O)c1ccc(CNC(=O)Cc2csc(SCc3cccc(Cl)c3)n2)cc1. The number of halogens is 1. The standard InChI is InChI=1S/C19H18ClN3O3S3/c20-15-3-1-2-14(8-15)11-27-19-23-16(12-28-19)9-18(24)22-10-13-4-6-17(7-5-13)29(21,25)26/h1-8,12H,9-11H2,(H,22,24)(H2,21,25,26). The van der Waals surface area contributed by atoms with Crippen LogP contribution in [-0.2, 0) is 33.5 Å². The summed E-state index contributed by atoms with van der Waals surface area (Å²) in [6.45, 7) is 0.296. The number of amides is 1. The minimum atomic E-state index is -3.72. The molecule has 3 rings (SSSR count). The molecular weight excluding hydrogens is 450 g/mol. The number of carbonyl (C=O) groups excluding carboxylic acids is 1. The van der Waals surface area contributed by atoms with Crippen molar-refractivity contribution in [2.24, 2.45) is 5.14 Å². The second-order valence-electron chi connectivity index (χ2n) is 6.17. The second kappa shape index (κ2) is 9.73. The lowest BCUT2D eigenvalue weighted by Gasteiger charge is -2.05. The Kier molecular flexibility index (Phi) is 7.31. The van der Waals surface area contributed by atoms with Gasteiger partial charge in [0.15, 0.2) is 0 Å². The van der Waals surface area contributed by atoms with Crippen LogP contribution in [0.3, 0.4) is 0 Å². The summed E-state index contributed by atoms with van der Waals surface area (Å²) in [7, 11) is -3.72. The lowest BCUT2D eigenvalue weighted by atomic mass is 10.2. The summed E-state index contributed by atoms with van der Waals surface area (Å²) in [5.41, 5.74) is 2.61. The van der Waals surface area contributed by atoms with Gasteiger partial charge in [0, 0.05) is 22.7 Å². The van der Waals surface area contributed by atoms with E-state index in [2.05, 4.69) is 10.3 Å². The highest BCUT2D eigenvalue weighted by molar-refractivity contribution is 8.00. The molecule has 0 aliphatic carbocycles. The van der Waals surface area contributed by atoms with Crippen molar-refractivity contribution in [3.8, 4) is 0 Å². The van der Waals surface area contributed by atoms with Gasteiger partial charge in [-0.1, -0.05) is 47.6 Å². The Morgan fingerprint density at radius 3 is 2.62 bits per heavy atom. The molecule has 0 aliphatic rings. The molecule has 0 atom stereocenters. The van der Waals surface area contributed by atoms with Crippen molar-refractivity contribution in [3.05, 3.63) is 75.8 Å². The first kappa shape index (κ1) is 21.8. The Hall–Kier alpha value is -1.91. The topological polar surface area (TPSA) is 102 Å². The predicted octanol–water partition coefficient (Wildman–Crippen LogP) is 3.60. The number of nitrogens with one attached hydrogen (secondary N) is 1. The fraction of sp³-hybridized carbons (Fsp3) is 0.158. The van der Waals surface area contributed by atoms with Gasteiger partial charge in [-0.05, 0) is 35.4 Å². The van der Waals surface area contributed by atoms with Crippen LogP contribution in [0.1, 0.15) is 16.8 Å². The van der Waals surface area contributed by atoms with Gasteiger partial charge >= 0.3 is 0 Å². The van der Waals surface area contributed by atoms with Crippen LogP contribution in [0.25, 0.3) is 0 Å². The number of hydrogen-bond acceptors (Lipinski definition) is 6. The molecule has 0 saturated heterocycles. The number of hydrogen-bond donors (Lipinski definition) is 2. The minimum Gasteiger partial charge on any atom is -0.352 e. The summed E-state index contributed by atoms with van der Waals surface area (Å²) in [6, 6.07) is 13.8. The van der Waals surface area contributed by atoms with Crippen LogP contribution in [0.5, 0.6) is 0 Å². The second-order valence-corrected chi connectivity index (χ2v) is 10.2. The molecule has 0 spiro atoms. The zero-order valence-corrected chi connectivity index (χ0v) is 18.4. The molecule has 1 aromatic heterocycles. The zero-order chi connectivity index (χ0) is 20.9. The number of carbonyl (C=O) groups is 1. The number of aromatic nitrogens is 1. The van der Waals surface area contributed by atoms with Crippen LogP contribution in [0.2, 0.25) is 5.02 Å². The van der Waals surface area contributed by atoms with Crippen LogP contribution in [0, 0.1) is 0 Å². The Morgan fingerprint density at radius 1 is 1.17 bits per heavy atom. The third-order valence-electron chi connectivity index (χ3n) is 3.87. The first-order valence-electron chi connectivity index (χ1n) is 8.50. The predicted molar refractivity (Wildman–Crippen MR) is 116 cm³/mol. The molecule has 3 aromatic rings. The lowest BCUT2D eigenvalue weighted by molar-refractivity contribution is -0.120. The highest BCUT2D eigenvalue weighted by atomic mass is 35.5. The van der Waals surface area contributed by atoms with Gasteiger partial charge in [-0.3, -0.25) is 4.79 Å². The molecule has 1 amide bonds. The molecule has 0 bridgehead atoms. The maximum Gasteiger partial charge on any atom is 0.238 e. The number of nitrogens with two attached hydrogens (primary N) is 1. The first-order valence-corrected chi connectivity index (χ1v) is 12.3. The summed E-state index contributed by atoms with van der Waals surface area (Å²) < 4.78 is 23.4. The van der Waals surface area contributed by atoms with Gasteiger partial charge in [-0.2, -0.15) is 0 Å². The highest BCUT2D eigenvalue weighted by Gasteiger charge is 2.10. The molecule has 0 radical (unpaired) electrons. The number of primary sulfonamides is 1. The quantitative estimate of drug-likeness (QED) is 0.493. The smallest absolute Gasteiger partial charge is 0.238 e. The summed E-state index contributed by atoms with van der Waals surface area (Å²) in [4.78, 5) is 16.7. The van der Waals surface area contributed by atoms with Gasteiger partial charge in [-0.25, -0.2) is 18.5 Å². The van der Waals surface area contributed by atoms with Crippen molar-refractivity contribution in [2.45, 2.75) is 28.0 Å². The van der Waals surface area contributed by atoms with E-state index in [9.17, 15) is 13.2 Å².